The number of rotatable bonds is 5. The predicted molar refractivity (Wildman–Crippen MR) is 115 cm³/mol. The van der Waals surface area contributed by atoms with Gasteiger partial charge in [0.05, 0.1) is 17.3 Å². The van der Waals surface area contributed by atoms with Gasteiger partial charge in [-0.1, -0.05) is 36.4 Å². The van der Waals surface area contributed by atoms with Gasteiger partial charge in [-0.05, 0) is 55.8 Å². The minimum absolute atomic E-state index is 0.192. The highest BCUT2D eigenvalue weighted by Crippen LogP contribution is 2.13. The van der Waals surface area contributed by atoms with E-state index in [1.165, 1.54) is 6.08 Å². The molecule has 1 atom stereocenters. The third kappa shape index (κ3) is 4.50. The number of carbonyl (C=O) groups excluding carboxylic acids is 3. The van der Waals surface area contributed by atoms with E-state index in [1.54, 1.807) is 30.3 Å². The molecule has 0 radical (unpaired) electrons. The normalized spacial score (nSPS) is 16.1. The van der Waals surface area contributed by atoms with E-state index in [4.69, 9.17) is 0 Å². The summed E-state index contributed by atoms with van der Waals surface area (Å²) in [5, 5.41) is 6.49. The van der Waals surface area contributed by atoms with Crippen LogP contribution in [0.25, 0.3) is 17.0 Å². The molecule has 0 aliphatic carbocycles. The third-order valence-electron chi connectivity index (χ3n) is 5.07. The Morgan fingerprint density at radius 3 is 2.50 bits per heavy atom. The Hall–Kier alpha value is -3.64. The van der Waals surface area contributed by atoms with E-state index in [-0.39, 0.29) is 17.7 Å². The molecule has 1 fully saturated rings. The molecule has 2 heterocycles. The number of nitrogens with zero attached hydrogens (tertiary/aromatic N) is 1. The summed E-state index contributed by atoms with van der Waals surface area (Å²) in [6, 6.07) is 17.5. The molecule has 1 aromatic heterocycles. The molecule has 1 aliphatic heterocycles. The molecule has 2 N–H and O–H groups in total. The summed E-state index contributed by atoms with van der Waals surface area (Å²) in [7, 11) is 0. The van der Waals surface area contributed by atoms with Gasteiger partial charge < -0.3 is 5.32 Å². The van der Waals surface area contributed by atoms with Crippen LogP contribution >= 0.6 is 0 Å². The second-order valence-electron chi connectivity index (χ2n) is 7.17. The number of allylic oxidation sites excluding steroid dienone is 1. The van der Waals surface area contributed by atoms with E-state index in [0.717, 1.165) is 30.3 Å². The van der Waals surface area contributed by atoms with Crippen LogP contribution in [0.3, 0.4) is 0 Å². The predicted octanol–water partition coefficient (Wildman–Crippen LogP) is 3.14. The number of hydrogen-bond acceptors (Lipinski definition) is 5. The van der Waals surface area contributed by atoms with Crippen molar-refractivity contribution in [3.63, 3.8) is 0 Å². The Kier molecular flexibility index (Phi) is 5.77. The highest BCUT2D eigenvalue weighted by Gasteiger charge is 2.23. The van der Waals surface area contributed by atoms with Crippen LogP contribution in [-0.2, 0) is 4.79 Å². The molecule has 4 rings (SSSR count). The first-order chi connectivity index (χ1) is 14.6. The largest absolute Gasteiger partial charge is 0.306 e. The van der Waals surface area contributed by atoms with Crippen molar-refractivity contribution in [3.05, 3.63) is 83.6 Å². The fourth-order valence-corrected chi connectivity index (χ4v) is 3.40. The first-order valence-corrected chi connectivity index (χ1v) is 9.87. The van der Waals surface area contributed by atoms with Crippen LogP contribution in [0.1, 0.15) is 39.3 Å². The van der Waals surface area contributed by atoms with E-state index >= 15 is 0 Å². The molecular weight excluding hydrogens is 378 g/mol. The minimum atomic E-state index is -0.469. The van der Waals surface area contributed by atoms with Crippen LogP contribution in [0.15, 0.2) is 66.7 Å². The maximum atomic E-state index is 12.4. The standard InChI is InChI=1S/C24H21N3O3/c28-22(14-13-19-12-11-16-4-1-2-5-20(16)26-19)17-7-9-18(10-8-17)23(29)27-24(30)21-6-3-15-25-21/h1-2,4-5,7-14,21,25H,3,6,15H2,(H,27,29,30). The van der Waals surface area contributed by atoms with Crippen molar-refractivity contribution < 1.29 is 14.4 Å². The highest BCUT2D eigenvalue weighted by atomic mass is 16.2. The number of pyridine rings is 1. The van der Waals surface area contributed by atoms with Crippen molar-refractivity contribution in [1.29, 1.82) is 0 Å². The van der Waals surface area contributed by atoms with Gasteiger partial charge in [0, 0.05) is 16.5 Å². The second-order valence-corrected chi connectivity index (χ2v) is 7.17. The maximum Gasteiger partial charge on any atom is 0.257 e. The molecule has 2 amide bonds. The van der Waals surface area contributed by atoms with Crippen LogP contribution < -0.4 is 10.6 Å². The van der Waals surface area contributed by atoms with Gasteiger partial charge in [0.15, 0.2) is 5.78 Å². The molecular formula is C24H21N3O3. The van der Waals surface area contributed by atoms with Crippen molar-refractivity contribution in [2.24, 2.45) is 0 Å². The quantitative estimate of drug-likeness (QED) is 0.391. The third-order valence-corrected chi connectivity index (χ3v) is 5.07. The van der Waals surface area contributed by atoms with Crippen molar-refractivity contribution >= 4 is 34.6 Å². The molecule has 1 saturated heterocycles. The number of hydrogen-bond donors (Lipinski definition) is 2. The lowest BCUT2D eigenvalue weighted by molar-refractivity contribution is -0.121. The Morgan fingerprint density at radius 1 is 0.967 bits per heavy atom. The zero-order valence-electron chi connectivity index (χ0n) is 16.3. The first kappa shape index (κ1) is 19.7. The smallest absolute Gasteiger partial charge is 0.257 e. The number of amides is 2. The second kappa shape index (κ2) is 8.80. The van der Waals surface area contributed by atoms with E-state index in [9.17, 15) is 14.4 Å². The zero-order valence-corrected chi connectivity index (χ0v) is 16.3. The average molecular weight is 399 g/mol. The number of imide groups is 1. The summed E-state index contributed by atoms with van der Waals surface area (Å²) >= 11 is 0. The summed E-state index contributed by atoms with van der Waals surface area (Å²) < 4.78 is 0. The SMILES string of the molecule is O=C(C=Cc1ccc2ccccc2n1)c1ccc(C(=O)NC(=O)C2CCCN2)cc1. The number of nitrogens with one attached hydrogen (secondary N) is 2. The summed E-state index contributed by atoms with van der Waals surface area (Å²) in [6.07, 6.45) is 4.78. The van der Waals surface area contributed by atoms with Gasteiger partial charge in [0.1, 0.15) is 0 Å². The number of ketones is 1. The van der Waals surface area contributed by atoms with Crippen LogP contribution in [0.4, 0.5) is 0 Å². The monoisotopic (exact) mass is 399 g/mol. The number of fused-ring (bicyclic) bond motifs is 1. The molecule has 0 saturated carbocycles. The first-order valence-electron chi connectivity index (χ1n) is 9.87. The lowest BCUT2D eigenvalue weighted by Gasteiger charge is -2.10. The van der Waals surface area contributed by atoms with Gasteiger partial charge >= 0.3 is 0 Å². The number of carbonyl (C=O) groups is 3. The lowest BCUT2D eigenvalue weighted by atomic mass is 10.1. The molecule has 30 heavy (non-hydrogen) atoms. The molecule has 1 aliphatic rings. The van der Waals surface area contributed by atoms with Crippen LogP contribution in [-0.4, -0.2) is 35.2 Å². The molecule has 2 aromatic carbocycles. The van der Waals surface area contributed by atoms with E-state index in [1.807, 2.05) is 36.4 Å². The van der Waals surface area contributed by atoms with Gasteiger partial charge in [-0.2, -0.15) is 0 Å². The van der Waals surface area contributed by atoms with Gasteiger partial charge in [0.25, 0.3) is 5.91 Å². The summed E-state index contributed by atoms with van der Waals surface area (Å²) in [5.41, 5.74) is 2.34. The fourth-order valence-electron chi connectivity index (χ4n) is 3.40. The Balaban J connectivity index is 1.40. The Bertz CT molecular complexity index is 1130. The van der Waals surface area contributed by atoms with Gasteiger partial charge in [-0.15, -0.1) is 0 Å². The Labute approximate surface area is 174 Å². The topological polar surface area (TPSA) is 88.2 Å². The van der Waals surface area contributed by atoms with E-state index < -0.39 is 5.91 Å². The summed E-state index contributed by atoms with van der Waals surface area (Å²) in [6.45, 7) is 0.783. The number of para-hydroxylation sites is 1. The minimum Gasteiger partial charge on any atom is -0.306 e. The van der Waals surface area contributed by atoms with E-state index in [2.05, 4.69) is 15.6 Å². The molecule has 6 nitrogen and oxygen atoms in total. The zero-order chi connectivity index (χ0) is 20.9. The van der Waals surface area contributed by atoms with E-state index in [0.29, 0.717) is 16.8 Å². The fraction of sp³-hybridized carbons (Fsp3) is 0.167. The van der Waals surface area contributed by atoms with Crippen LogP contribution in [0, 0.1) is 0 Å². The lowest BCUT2D eigenvalue weighted by Crippen LogP contribution is -2.43. The van der Waals surface area contributed by atoms with Crippen molar-refractivity contribution in [1.82, 2.24) is 15.6 Å². The highest BCUT2D eigenvalue weighted by molar-refractivity contribution is 6.09. The van der Waals surface area contributed by atoms with Crippen molar-refractivity contribution in [3.8, 4) is 0 Å². The van der Waals surface area contributed by atoms with Crippen LogP contribution in [0.5, 0.6) is 0 Å². The number of aromatic nitrogens is 1. The Morgan fingerprint density at radius 2 is 1.73 bits per heavy atom. The van der Waals surface area contributed by atoms with Crippen LogP contribution in [0.2, 0.25) is 0 Å². The summed E-state index contributed by atoms with van der Waals surface area (Å²) in [4.78, 5) is 41.2. The molecule has 1 unspecified atom stereocenters. The van der Waals surface area contributed by atoms with Crippen molar-refractivity contribution in [2.75, 3.05) is 6.54 Å². The number of benzene rings is 2. The molecule has 150 valence electrons. The molecule has 3 aromatic rings. The molecule has 6 heteroatoms. The van der Waals surface area contributed by atoms with Crippen molar-refractivity contribution in [2.45, 2.75) is 18.9 Å². The molecule has 0 spiro atoms. The van der Waals surface area contributed by atoms with Gasteiger partial charge in [-0.3, -0.25) is 19.7 Å². The molecule has 0 bridgehead atoms. The summed E-state index contributed by atoms with van der Waals surface area (Å²) in [5.74, 6) is -0.977. The van der Waals surface area contributed by atoms with Gasteiger partial charge in [-0.25, -0.2) is 4.98 Å². The maximum absolute atomic E-state index is 12.4. The average Bonchev–Trinajstić information content (AvgIpc) is 3.32. The van der Waals surface area contributed by atoms with Gasteiger partial charge in [0.2, 0.25) is 5.91 Å².